The van der Waals surface area contributed by atoms with Gasteiger partial charge in [-0.25, -0.2) is 9.97 Å². The number of aryl methyl sites for hydroxylation is 1. The van der Waals surface area contributed by atoms with E-state index >= 15 is 0 Å². The number of nitrogens with one attached hydrogen (secondary N) is 1. The number of carbonyl (C=O) groups excluding carboxylic acids is 1. The second kappa shape index (κ2) is 8.76. The summed E-state index contributed by atoms with van der Waals surface area (Å²) in [5, 5.41) is 4.07. The molecule has 2 atom stereocenters. The number of rotatable bonds is 4. The number of halogens is 3. The Morgan fingerprint density at radius 3 is 2.86 bits per heavy atom. The van der Waals surface area contributed by atoms with Gasteiger partial charge in [0.25, 0.3) is 5.91 Å². The number of likely N-dealkylation sites (tertiary alicyclic amines) is 1. The number of methoxy groups -OCH3 is 1. The van der Waals surface area contributed by atoms with Gasteiger partial charge in [-0.3, -0.25) is 4.79 Å². The molecule has 4 aromatic rings. The zero-order valence-corrected chi connectivity index (χ0v) is 20.5. The largest absolute Gasteiger partial charge is 0.494 e. The maximum Gasteiger partial charge on any atom is 0.406 e. The van der Waals surface area contributed by atoms with E-state index in [1.807, 2.05) is 4.90 Å². The molecule has 5 heterocycles. The third kappa shape index (κ3) is 4.11. The van der Waals surface area contributed by atoms with Crippen molar-refractivity contribution >= 4 is 28.0 Å². The number of benzene rings is 1. The molecule has 0 bridgehead atoms. The van der Waals surface area contributed by atoms with Gasteiger partial charge in [0, 0.05) is 43.3 Å². The lowest BCUT2D eigenvalue weighted by atomic mass is 9.92. The van der Waals surface area contributed by atoms with E-state index < -0.39 is 12.7 Å². The fourth-order valence-electron chi connectivity index (χ4n) is 5.83. The van der Waals surface area contributed by atoms with E-state index in [4.69, 9.17) is 9.72 Å². The van der Waals surface area contributed by atoms with Gasteiger partial charge in [0.1, 0.15) is 23.5 Å². The summed E-state index contributed by atoms with van der Waals surface area (Å²) in [6.07, 6.45) is -0.863. The highest BCUT2D eigenvalue weighted by atomic mass is 19.4. The molecular formula is C26H27F3N6O2. The van der Waals surface area contributed by atoms with Gasteiger partial charge in [-0.05, 0) is 55.6 Å². The Balaban J connectivity index is 1.44. The molecule has 1 aromatic carbocycles. The Morgan fingerprint density at radius 1 is 1.24 bits per heavy atom. The zero-order valence-electron chi connectivity index (χ0n) is 20.5. The molecule has 1 N–H and O–H groups in total. The Bertz CT molecular complexity index is 1510. The highest BCUT2D eigenvalue weighted by Crippen LogP contribution is 2.36. The third-order valence-electron chi connectivity index (χ3n) is 7.59. The minimum absolute atomic E-state index is 0.102. The van der Waals surface area contributed by atoms with Crippen LogP contribution in [0.5, 0.6) is 5.75 Å². The Hall–Kier alpha value is -3.60. The van der Waals surface area contributed by atoms with E-state index in [9.17, 15) is 18.0 Å². The van der Waals surface area contributed by atoms with Crippen LogP contribution in [0.2, 0.25) is 0 Å². The van der Waals surface area contributed by atoms with E-state index in [1.165, 1.54) is 13.3 Å². The summed E-state index contributed by atoms with van der Waals surface area (Å²) in [4.78, 5) is 24.2. The number of pyridine rings is 1. The van der Waals surface area contributed by atoms with Gasteiger partial charge in [0.05, 0.1) is 18.3 Å². The number of aromatic nitrogens is 4. The number of alkyl halides is 3. The molecule has 0 unspecified atom stereocenters. The molecule has 2 aliphatic heterocycles. The SMILES string of the molecule is COc1cc(C(=O)N2CC[C@@H]3CCN[C@@H]3C2)cc2nc(-c3cc4cccnc4n3CC(F)(F)F)n(C)c12. The first-order valence-corrected chi connectivity index (χ1v) is 12.3. The first kappa shape index (κ1) is 23.8. The van der Waals surface area contributed by atoms with E-state index in [2.05, 4.69) is 10.3 Å². The fourth-order valence-corrected chi connectivity index (χ4v) is 5.83. The van der Waals surface area contributed by atoms with Crippen molar-refractivity contribution in [2.75, 3.05) is 26.7 Å². The monoisotopic (exact) mass is 512 g/mol. The van der Waals surface area contributed by atoms with Crippen LogP contribution < -0.4 is 10.1 Å². The number of nitrogens with zero attached hydrogens (tertiary/aromatic N) is 5. The quantitative estimate of drug-likeness (QED) is 0.448. The minimum atomic E-state index is -4.44. The summed E-state index contributed by atoms with van der Waals surface area (Å²) in [7, 11) is 3.24. The zero-order chi connectivity index (χ0) is 25.9. The van der Waals surface area contributed by atoms with Gasteiger partial charge >= 0.3 is 6.18 Å². The highest BCUT2D eigenvalue weighted by molar-refractivity contribution is 6.00. The van der Waals surface area contributed by atoms with Crippen molar-refractivity contribution in [3.8, 4) is 17.3 Å². The van der Waals surface area contributed by atoms with Crippen molar-refractivity contribution < 1.29 is 22.7 Å². The fraction of sp³-hybridized carbons (Fsp3) is 0.423. The van der Waals surface area contributed by atoms with Gasteiger partial charge in [-0.15, -0.1) is 0 Å². The molecule has 3 aromatic heterocycles. The van der Waals surface area contributed by atoms with Crippen LogP contribution in [0.25, 0.3) is 33.6 Å². The molecule has 2 fully saturated rings. The van der Waals surface area contributed by atoms with Crippen LogP contribution in [0.3, 0.4) is 0 Å². The second-order valence-corrected chi connectivity index (χ2v) is 9.84. The summed E-state index contributed by atoms with van der Waals surface area (Å²) < 4.78 is 49.0. The molecule has 0 spiro atoms. The van der Waals surface area contributed by atoms with Crippen LogP contribution in [0.4, 0.5) is 13.2 Å². The summed E-state index contributed by atoms with van der Waals surface area (Å²) >= 11 is 0. The van der Waals surface area contributed by atoms with E-state index in [-0.39, 0.29) is 17.2 Å². The van der Waals surface area contributed by atoms with Crippen LogP contribution in [-0.2, 0) is 13.6 Å². The normalized spacial score (nSPS) is 20.1. The summed E-state index contributed by atoms with van der Waals surface area (Å²) in [5.74, 6) is 1.27. The molecule has 37 heavy (non-hydrogen) atoms. The molecule has 2 aliphatic rings. The van der Waals surface area contributed by atoms with Gasteiger partial charge in [-0.1, -0.05) is 0 Å². The van der Waals surface area contributed by atoms with Crippen LogP contribution >= 0.6 is 0 Å². The summed E-state index contributed by atoms with van der Waals surface area (Å²) in [5.41, 5.74) is 2.04. The summed E-state index contributed by atoms with van der Waals surface area (Å²) in [6, 6.07) is 8.77. The van der Waals surface area contributed by atoms with E-state index in [1.54, 1.807) is 41.9 Å². The molecule has 1 amide bonds. The number of imidazole rings is 1. The molecule has 11 heteroatoms. The van der Waals surface area contributed by atoms with E-state index in [0.717, 1.165) is 24.0 Å². The molecule has 2 saturated heterocycles. The van der Waals surface area contributed by atoms with Crippen LogP contribution in [0.1, 0.15) is 23.2 Å². The number of amides is 1. The second-order valence-electron chi connectivity index (χ2n) is 9.84. The van der Waals surface area contributed by atoms with Crippen LogP contribution in [-0.4, -0.2) is 68.9 Å². The van der Waals surface area contributed by atoms with Crippen molar-refractivity contribution in [1.82, 2.24) is 29.3 Å². The maximum absolute atomic E-state index is 13.5. The first-order valence-electron chi connectivity index (χ1n) is 12.3. The molecule has 8 nitrogen and oxygen atoms in total. The van der Waals surface area contributed by atoms with Crippen molar-refractivity contribution in [2.24, 2.45) is 13.0 Å². The molecule has 0 saturated carbocycles. The van der Waals surface area contributed by atoms with Crippen molar-refractivity contribution in [1.29, 1.82) is 0 Å². The van der Waals surface area contributed by atoms with Gasteiger partial charge in [0.2, 0.25) is 0 Å². The number of fused-ring (bicyclic) bond motifs is 3. The van der Waals surface area contributed by atoms with Gasteiger partial charge in [0.15, 0.2) is 5.82 Å². The minimum Gasteiger partial charge on any atom is -0.494 e. The molecule has 6 rings (SSSR count). The van der Waals surface area contributed by atoms with Crippen molar-refractivity contribution in [3.63, 3.8) is 0 Å². The third-order valence-corrected chi connectivity index (χ3v) is 7.59. The molecular weight excluding hydrogens is 485 g/mol. The number of piperidine rings is 1. The number of carbonyl (C=O) groups is 1. The van der Waals surface area contributed by atoms with Crippen molar-refractivity contribution in [3.05, 3.63) is 42.1 Å². The topological polar surface area (TPSA) is 77.2 Å². The Labute approximate surface area is 211 Å². The number of ether oxygens (including phenoxy) is 1. The predicted molar refractivity (Wildman–Crippen MR) is 132 cm³/mol. The molecule has 194 valence electrons. The number of hydrogen-bond donors (Lipinski definition) is 1. The number of hydrogen-bond acceptors (Lipinski definition) is 5. The van der Waals surface area contributed by atoms with Gasteiger partial charge in [-0.2, -0.15) is 13.2 Å². The van der Waals surface area contributed by atoms with Crippen LogP contribution in [0.15, 0.2) is 36.5 Å². The predicted octanol–water partition coefficient (Wildman–Crippen LogP) is 3.98. The van der Waals surface area contributed by atoms with Gasteiger partial charge < -0.3 is 24.1 Å². The summed E-state index contributed by atoms with van der Waals surface area (Å²) in [6.45, 7) is 1.13. The lowest BCUT2D eigenvalue weighted by molar-refractivity contribution is -0.139. The highest BCUT2D eigenvalue weighted by Gasteiger charge is 2.35. The Kier molecular flexibility index (Phi) is 5.63. The standard InChI is InChI=1S/C26H27F3N6O2/c1-33-22-18(32-24(33)20-11-16-4-3-7-31-23(16)35(20)14-26(27,28)29)10-17(12-21(22)37-2)25(36)34-9-6-15-5-8-30-19(15)13-34/h3-4,7,10-12,15,19,30H,5-6,8-9,13-14H2,1-2H3/t15-,19+/m0/s1. The lowest BCUT2D eigenvalue weighted by Crippen LogP contribution is -2.48. The molecule has 0 aliphatic carbocycles. The molecule has 0 radical (unpaired) electrons. The Morgan fingerprint density at radius 2 is 2.08 bits per heavy atom. The maximum atomic E-state index is 13.5. The van der Waals surface area contributed by atoms with Crippen molar-refractivity contribution in [2.45, 2.75) is 31.6 Å². The smallest absolute Gasteiger partial charge is 0.406 e. The van der Waals surface area contributed by atoms with Crippen LogP contribution in [0, 0.1) is 5.92 Å². The lowest BCUT2D eigenvalue weighted by Gasteiger charge is -2.35. The average Bonchev–Trinajstić information content (AvgIpc) is 3.57. The average molecular weight is 513 g/mol. The van der Waals surface area contributed by atoms with E-state index in [0.29, 0.717) is 58.6 Å². The first-order chi connectivity index (χ1) is 17.7.